The maximum Gasteiger partial charge on any atom is 0.340 e. The van der Waals surface area contributed by atoms with Gasteiger partial charge in [-0.1, -0.05) is 0 Å². The summed E-state index contributed by atoms with van der Waals surface area (Å²) in [7, 11) is 0. The number of aromatic amines is 2. The van der Waals surface area contributed by atoms with E-state index in [9.17, 15) is 4.79 Å². The van der Waals surface area contributed by atoms with Crippen LogP contribution in [0.25, 0.3) is 0 Å². The molecule has 0 atom stereocenters. The van der Waals surface area contributed by atoms with E-state index in [2.05, 4.69) is 20.5 Å². The minimum absolute atomic E-state index is 0.216. The molecule has 2 rings (SSSR count). The van der Waals surface area contributed by atoms with Crippen LogP contribution in [0, 0.1) is 0 Å². The van der Waals surface area contributed by atoms with Crippen molar-refractivity contribution in [2.45, 2.75) is 6.54 Å². The molecule has 0 spiro atoms. The first-order chi connectivity index (χ1) is 7.24. The first-order valence-electron chi connectivity index (χ1n) is 4.40. The van der Waals surface area contributed by atoms with Crippen molar-refractivity contribution >= 4 is 5.69 Å². The Hall–Kier alpha value is -2.24. The number of aromatic nitrogens is 3. The summed E-state index contributed by atoms with van der Waals surface area (Å²) in [5.74, 6) is 0.752. The van der Waals surface area contributed by atoms with Gasteiger partial charge in [-0.15, -0.1) is 0 Å². The van der Waals surface area contributed by atoms with E-state index in [1.165, 1.54) is 0 Å². The summed E-state index contributed by atoms with van der Waals surface area (Å²) < 4.78 is 0. The number of hydrogen-bond acceptors (Lipinski definition) is 4. The minimum Gasteiger partial charge on any atom is -0.508 e. The summed E-state index contributed by atoms with van der Waals surface area (Å²) in [5, 5.41) is 18.1. The molecular weight excluding hydrogens is 196 g/mol. The lowest BCUT2D eigenvalue weighted by Gasteiger charge is -2.03. The quantitative estimate of drug-likeness (QED) is 0.547. The number of benzene rings is 1. The summed E-state index contributed by atoms with van der Waals surface area (Å²) in [5.41, 5.74) is 0.522. The summed E-state index contributed by atoms with van der Waals surface area (Å²) in [6.07, 6.45) is 0. The van der Waals surface area contributed by atoms with E-state index >= 15 is 0 Å². The molecule has 0 radical (unpaired) electrons. The molecule has 6 heteroatoms. The summed E-state index contributed by atoms with van der Waals surface area (Å²) in [4.78, 5) is 13.2. The standard InChI is InChI=1S/C9H10N4O2/c14-7-3-1-6(2-4-7)10-5-8-11-9(15)13-12-8/h1-4,10,14H,5H2,(H2,11,12,13,15). The van der Waals surface area contributed by atoms with E-state index in [0.717, 1.165) is 5.69 Å². The van der Waals surface area contributed by atoms with Crippen LogP contribution in [0.2, 0.25) is 0 Å². The lowest BCUT2D eigenvalue weighted by Crippen LogP contribution is -2.04. The molecule has 0 amide bonds. The number of nitrogens with zero attached hydrogens (tertiary/aromatic N) is 1. The van der Waals surface area contributed by atoms with Crippen LogP contribution in [0.15, 0.2) is 29.1 Å². The fraction of sp³-hybridized carbons (Fsp3) is 0.111. The fourth-order valence-corrected chi connectivity index (χ4v) is 1.15. The smallest absolute Gasteiger partial charge is 0.340 e. The van der Waals surface area contributed by atoms with Crippen LogP contribution in [0.5, 0.6) is 5.75 Å². The Bertz CT molecular complexity index is 485. The van der Waals surface area contributed by atoms with Crippen molar-refractivity contribution in [2.75, 3.05) is 5.32 Å². The zero-order valence-corrected chi connectivity index (χ0v) is 7.82. The van der Waals surface area contributed by atoms with Crippen molar-refractivity contribution in [1.29, 1.82) is 0 Å². The van der Waals surface area contributed by atoms with Gasteiger partial charge in [-0.2, -0.15) is 5.10 Å². The van der Waals surface area contributed by atoms with Gasteiger partial charge in [-0.05, 0) is 24.3 Å². The van der Waals surface area contributed by atoms with Crippen LogP contribution < -0.4 is 11.0 Å². The Kier molecular flexibility index (Phi) is 2.40. The van der Waals surface area contributed by atoms with Gasteiger partial charge in [-0.25, -0.2) is 9.89 Å². The van der Waals surface area contributed by atoms with Gasteiger partial charge < -0.3 is 10.4 Å². The molecule has 0 aliphatic heterocycles. The van der Waals surface area contributed by atoms with Crippen LogP contribution >= 0.6 is 0 Å². The molecule has 0 aliphatic rings. The highest BCUT2D eigenvalue weighted by Crippen LogP contribution is 2.13. The van der Waals surface area contributed by atoms with Crippen LogP contribution in [0.4, 0.5) is 5.69 Å². The average molecular weight is 206 g/mol. The number of aromatic hydroxyl groups is 1. The van der Waals surface area contributed by atoms with Crippen LogP contribution in [-0.4, -0.2) is 20.3 Å². The van der Waals surface area contributed by atoms with Crippen molar-refractivity contribution in [3.05, 3.63) is 40.6 Å². The van der Waals surface area contributed by atoms with Crippen LogP contribution in [0.3, 0.4) is 0 Å². The molecular formula is C9H10N4O2. The normalized spacial score (nSPS) is 10.1. The van der Waals surface area contributed by atoms with Crippen LogP contribution in [0.1, 0.15) is 5.82 Å². The van der Waals surface area contributed by atoms with Gasteiger partial charge in [0.2, 0.25) is 0 Å². The lowest BCUT2D eigenvalue weighted by atomic mass is 10.3. The highest BCUT2D eigenvalue weighted by atomic mass is 16.3. The van der Waals surface area contributed by atoms with E-state index < -0.39 is 0 Å². The number of hydrogen-bond donors (Lipinski definition) is 4. The molecule has 4 N–H and O–H groups in total. The molecule has 1 aromatic carbocycles. The lowest BCUT2D eigenvalue weighted by molar-refractivity contribution is 0.475. The molecule has 15 heavy (non-hydrogen) atoms. The maximum absolute atomic E-state index is 10.7. The molecule has 1 aromatic heterocycles. The average Bonchev–Trinajstić information content (AvgIpc) is 2.64. The van der Waals surface area contributed by atoms with Gasteiger partial charge in [-0.3, -0.25) is 4.98 Å². The molecule has 0 bridgehead atoms. The topological polar surface area (TPSA) is 93.8 Å². The summed E-state index contributed by atoms with van der Waals surface area (Å²) in [6.45, 7) is 0.420. The zero-order chi connectivity index (χ0) is 10.7. The van der Waals surface area contributed by atoms with Gasteiger partial charge in [0.1, 0.15) is 11.6 Å². The van der Waals surface area contributed by atoms with E-state index in [4.69, 9.17) is 5.11 Å². The number of nitrogens with one attached hydrogen (secondary N) is 3. The second kappa shape index (κ2) is 3.87. The molecule has 6 nitrogen and oxygen atoms in total. The van der Waals surface area contributed by atoms with E-state index in [-0.39, 0.29) is 11.4 Å². The molecule has 2 aromatic rings. The van der Waals surface area contributed by atoms with E-state index in [0.29, 0.717) is 12.4 Å². The molecule has 0 unspecified atom stereocenters. The monoisotopic (exact) mass is 206 g/mol. The van der Waals surface area contributed by atoms with Crippen molar-refractivity contribution in [3.63, 3.8) is 0 Å². The fourth-order valence-electron chi connectivity index (χ4n) is 1.15. The Labute approximate surface area is 85.0 Å². The number of phenolic OH excluding ortho intramolecular Hbond substituents is 1. The third kappa shape index (κ3) is 2.37. The van der Waals surface area contributed by atoms with E-state index in [1.807, 2.05) is 0 Å². The molecule has 78 valence electrons. The Balaban J connectivity index is 1.99. The Morgan fingerprint density at radius 1 is 1.33 bits per heavy atom. The van der Waals surface area contributed by atoms with Crippen molar-refractivity contribution in [2.24, 2.45) is 0 Å². The van der Waals surface area contributed by atoms with Gasteiger partial charge in [0, 0.05) is 5.69 Å². The first-order valence-corrected chi connectivity index (χ1v) is 4.40. The minimum atomic E-state index is -0.322. The molecule has 0 saturated heterocycles. The summed E-state index contributed by atoms with van der Waals surface area (Å²) >= 11 is 0. The Morgan fingerprint density at radius 3 is 2.67 bits per heavy atom. The maximum atomic E-state index is 10.7. The second-order valence-corrected chi connectivity index (χ2v) is 3.02. The molecule has 1 heterocycles. The molecule has 0 fully saturated rings. The van der Waals surface area contributed by atoms with Crippen molar-refractivity contribution in [1.82, 2.24) is 15.2 Å². The Morgan fingerprint density at radius 2 is 2.07 bits per heavy atom. The second-order valence-electron chi connectivity index (χ2n) is 3.02. The van der Waals surface area contributed by atoms with Gasteiger partial charge >= 0.3 is 5.69 Å². The third-order valence-electron chi connectivity index (χ3n) is 1.88. The SMILES string of the molecule is O=c1[nH]nc(CNc2ccc(O)cc2)[nH]1. The number of rotatable bonds is 3. The highest BCUT2D eigenvalue weighted by molar-refractivity contribution is 5.45. The highest BCUT2D eigenvalue weighted by Gasteiger charge is 1.97. The molecule has 0 aliphatic carbocycles. The number of phenols is 1. The summed E-state index contributed by atoms with van der Waals surface area (Å²) in [6, 6.07) is 6.63. The van der Waals surface area contributed by atoms with Crippen molar-refractivity contribution < 1.29 is 5.11 Å². The van der Waals surface area contributed by atoms with Gasteiger partial charge in [0.05, 0.1) is 6.54 Å². The number of H-pyrrole nitrogens is 2. The molecule has 0 saturated carbocycles. The van der Waals surface area contributed by atoms with Gasteiger partial charge in [0.15, 0.2) is 0 Å². The van der Waals surface area contributed by atoms with Gasteiger partial charge in [0.25, 0.3) is 0 Å². The largest absolute Gasteiger partial charge is 0.508 e. The van der Waals surface area contributed by atoms with Crippen molar-refractivity contribution in [3.8, 4) is 5.75 Å². The van der Waals surface area contributed by atoms with Crippen LogP contribution in [-0.2, 0) is 6.54 Å². The van der Waals surface area contributed by atoms with E-state index in [1.54, 1.807) is 24.3 Å². The predicted molar refractivity (Wildman–Crippen MR) is 54.6 cm³/mol. The third-order valence-corrected chi connectivity index (χ3v) is 1.88. The number of anilines is 1. The predicted octanol–water partition coefficient (Wildman–Crippen LogP) is 0.416. The zero-order valence-electron chi connectivity index (χ0n) is 7.82. The first kappa shape index (κ1) is 9.32.